The first-order valence-corrected chi connectivity index (χ1v) is 8.17. The monoisotopic (exact) mass is 315 g/mol. The van der Waals surface area contributed by atoms with Crippen molar-refractivity contribution in [3.63, 3.8) is 0 Å². The van der Waals surface area contributed by atoms with Gasteiger partial charge in [0.1, 0.15) is 5.75 Å². The van der Waals surface area contributed by atoms with Crippen molar-refractivity contribution in [2.24, 2.45) is 5.92 Å². The summed E-state index contributed by atoms with van der Waals surface area (Å²) in [5.74, 6) is 1.42. The fourth-order valence-corrected chi connectivity index (χ4v) is 3.13. The smallest absolute Gasteiger partial charge is 0.142 e. The van der Waals surface area contributed by atoms with Gasteiger partial charge < -0.3 is 10.1 Å². The van der Waals surface area contributed by atoms with E-state index in [4.69, 9.17) is 27.9 Å². The number of benzene rings is 1. The predicted octanol–water partition coefficient (Wildman–Crippen LogP) is 5.06. The second-order valence-electron chi connectivity index (χ2n) is 5.92. The molecule has 0 amide bonds. The van der Waals surface area contributed by atoms with Gasteiger partial charge in [-0.15, -0.1) is 0 Å². The minimum absolute atomic E-state index is 0.303. The van der Waals surface area contributed by atoms with Crippen molar-refractivity contribution in [2.75, 3.05) is 6.54 Å². The highest BCUT2D eigenvalue weighted by Gasteiger charge is 2.20. The fraction of sp³-hybridized carbons (Fsp3) is 0.625. The molecule has 0 heterocycles. The maximum absolute atomic E-state index is 6.32. The number of rotatable bonds is 6. The fourth-order valence-electron chi connectivity index (χ4n) is 2.55. The average molecular weight is 316 g/mol. The molecule has 0 aliphatic heterocycles. The van der Waals surface area contributed by atoms with Gasteiger partial charge in [-0.05, 0) is 50.3 Å². The van der Waals surface area contributed by atoms with Crippen LogP contribution in [0.15, 0.2) is 12.1 Å². The zero-order valence-electron chi connectivity index (χ0n) is 12.2. The number of halogens is 2. The van der Waals surface area contributed by atoms with Gasteiger partial charge in [-0.25, -0.2) is 0 Å². The summed E-state index contributed by atoms with van der Waals surface area (Å²) in [6, 6.07) is 3.71. The lowest BCUT2D eigenvalue weighted by Gasteiger charge is -2.19. The summed E-state index contributed by atoms with van der Waals surface area (Å²) in [7, 11) is 0. The van der Waals surface area contributed by atoms with Crippen LogP contribution in [0.1, 0.15) is 45.1 Å². The van der Waals surface area contributed by atoms with E-state index in [1.165, 1.54) is 12.8 Å². The van der Waals surface area contributed by atoms with Crippen LogP contribution >= 0.6 is 23.2 Å². The Morgan fingerprint density at radius 3 is 2.60 bits per heavy atom. The molecule has 20 heavy (non-hydrogen) atoms. The standard InChI is InChI=1S/C16H23Cl2NO/c1-11(2)9-19-10-12-7-13(17)8-15(18)16(12)20-14-5-3-4-6-14/h7-8,11,14,19H,3-6,9-10H2,1-2H3. The molecule has 0 bridgehead atoms. The normalized spacial score (nSPS) is 16.1. The van der Waals surface area contributed by atoms with E-state index < -0.39 is 0 Å². The number of nitrogens with one attached hydrogen (secondary N) is 1. The van der Waals surface area contributed by atoms with Gasteiger partial charge >= 0.3 is 0 Å². The lowest BCUT2D eigenvalue weighted by Crippen LogP contribution is -2.20. The molecule has 0 radical (unpaired) electrons. The van der Waals surface area contributed by atoms with Gasteiger partial charge in [-0.1, -0.05) is 37.0 Å². The van der Waals surface area contributed by atoms with Crippen LogP contribution in [-0.2, 0) is 6.54 Å². The van der Waals surface area contributed by atoms with Crippen molar-refractivity contribution in [2.45, 2.75) is 52.2 Å². The minimum Gasteiger partial charge on any atom is -0.489 e. The zero-order chi connectivity index (χ0) is 14.5. The molecular weight excluding hydrogens is 293 g/mol. The van der Waals surface area contributed by atoms with Crippen molar-refractivity contribution in [1.29, 1.82) is 0 Å². The first kappa shape index (κ1) is 15.9. The summed E-state index contributed by atoms with van der Waals surface area (Å²) >= 11 is 12.4. The molecule has 1 aromatic rings. The molecule has 0 saturated heterocycles. The van der Waals surface area contributed by atoms with Crippen molar-refractivity contribution < 1.29 is 4.74 Å². The molecular formula is C16H23Cl2NO. The van der Waals surface area contributed by atoms with E-state index in [0.29, 0.717) is 22.1 Å². The van der Waals surface area contributed by atoms with Crippen LogP contribution in [0.25, 0.3) is 0 Å². The summed E-state index contributed by atoms with van der Waals surface area (Å²) in [4.78, 5) is 0. The van der Waals surface area contributed by atoms with E-state index in [1.54, 1.807) is 6.07 Å². The lowest BCUT2D eigenvalue weighted by atomic mass is 10.1. The third-order valence-electron chi connectivity index (χ3n) is 3.54. The highest BCUT2D eigenvalue weighted by molar-refractivity contribution is 6.35. The van der Waals surface area contributed by atoms with Crippen molar-refractivity contribution >= 4 is 23.2 Å². The second kappa shape index (κ2) is 7.53. The van der Waals surface area contributed by atoms with Gasteiger partial charge in [0.05, 0.1) is 11.1 Å². The second-order valence-corrected chi connectivity index (χ2v) is 6.77. The van der Waals surface area contributed by atoms with Gasteiger partial charge in [0, 0.05) is 17.1 Å². The van der Waals surface area contributed by atoms with Crippen molar-refractivity contribution in [1.82, 2.24) is 5.32 Å². The SMILES string of the molecule is CC(C)CNCc1cc(Cl)cc(Cl)c1OC1CCCC1. The quantitative estimate of drug-likeness (QED) is 0.792. The molecule has 0 unspecified atom stereocenters. The molecule has 0 atom stereocenters. The number of hydrogen-bond acceptors (Lipinski definition) is 2. The van der Waals surface area contributed by atoms with E-state index in [1.807, 2.05) is 6.07 Å². The van der Waals surface area contributed by atoms with Crippen LogP contribution in [0.4, 0.5) is 0 Å². The molecule has 1 aliphatic rings. The van der Waals surface area contributed by atoms with Crippen LogP contribution in [-0.4, -0.2) is 12.6 Å². The Labute approximate surface area is 131 Å². The Bertz CT molecular complexity index is 442. The van der Waals surface area contributed by atoms with Gasteiger partial charge in [0.25, 0.3) is 0 Å². The Hall–Kier alpha value is -0.440. The molecule has 0 spiro atoms. The first-order valence-electron chi connectivity index (χ1n) is 7.41. The molecule has 1 saturated carbocycles. The summed E-state index contributed by atoms with van der Waals surface area (Å²) in [6.07, 6.45) is 5.04. The molecule has 2 nitrogen and oxygen atoms in total. The average Bonchev–Trinajstić information content (AvgIpc) is 2.85. The van der Waals surface area contributed by atoms with Crippen LogP contribution in [0.2, 0.25) is 10.0 Å². The lowest BCUT2D eigenvalue weighted by molar-refractivity contribution is 0.207. The van der Waals surface area contributed by atoms with Crippen LogP contribution in [0, 0.1) is 5.92 Å². The highest BCUT2D eigenvalue weighted by atomic mass is 35.5. The van der Waals surface area contributed by atoms with Gasteiger partial charge in [-0.3, -0.25) is 0 Å². The van der Waals surface area contributed by atoms with Crippen molar-refractivity contribution in [3.8, 4) is 5.75 Å². The Balaban J connectivity index is 2.10. The van der Waals surface area contributed by atoms with Crippen LogP contribution < -0.4 is 10.1 Å². The van der Waals surface area contributed by atoms with Crippen LogP contribution in [0.3, 0.4) is 0 Å². The van der Waals surface area contributed by atoms with E-state index >= 15 is 0 Å². The van der Waals surface area contributed by atoms with Crippen molar-refractivity contribution in [3.05, 3.63) is 27.7 Å². The first-order chi connectivity index (χ1) is 9.56. The van der Waals surface area contributed by atoms with E-state index in [9.17, 15) is 0 Å². The highest BCUT2D eigenvalue weighted by Crippen LogP contribution is 2.35. The minimum atomic E-state index is 0.303. The third-order valence-corrected chi connectivity index (χ3v) is 4.04. The molecule has 1 aromatic carbocycles. The summed E-state index contributed by atoms with van der Waals surface area (Å²) in [6.45, 7) is 6.08. The molecule has 1 fully saturated rings. The predicted molar refractivity (Wildman–Crippen MR) is 85.9 cm³/mol. The molecule has 112 valence electrons. The summed E-state index contributed by atoms with van der Waals surface area (Å²) in [5, 5.41) is 4.70. The molecule has 1 aliphatic carbocycles. The number of hydrogen-bond donors (Lipinski definition) is 1. The Morgan fingerprint density at radius 1 is 1.25 bits per heavy atom. The van der Waals surface area contributed by atoms with Gasteiger partial charge in [0.15, 0.2) is 0 Å². The zero-order valence-corrected chi connectivity index (χ0v) is 13.7. The summed E-state index contributed by atoms with van der Waals surface area (Å²) in [5.41, 5.74) is 1.05. The van der Waals surface area contributed by atoms with Gasteiger partial charge in [0.2, 0.25) is 0 Å². The Kier molecular flexibility index (Phi) is 6.01. The third kappa shape index (κ3) is 4.54. The Morgan fingerprint density at radius 2 is 1.95 bits per heavy atom. The maximum atomic E-state index is 6.32. The maximum Gasteiger partial charge on any atom is 0.142 e. The number of ether oxygens (including phenoxy) is 1. The molecule has 2 rings (SSSR count). The van der Waals surface area contributed by atoms with E-state index in [2.05, 4.69) is 19.2 Å². The molecule has 4 heteroatoms. The largest absolute Gasteiger partial charge is 0.489 e. The van der Waals surface area contributed by atoms with Crippen LogP contribution in [0.5, 0.6) is 5.75 Å². The van der Waals surface area contributed by atoms with Gasteiger partial charge in [-0.2, -0.15) is 0 Å². The topological polar surface area (TPSA) is 21.3 Å². The molecule has 1 N–H and O–H groups in total. The van der Waals surface area contributed by atoms with E-state index in [-0.39, 0.29) is 0 Å². The molecule has 0 aromatic heterocycles. The van der Waals surface area contributed by atoms with E-state index in [0.717, 1.165) is 37.2 Å². The summed E-state index contributed by atoms with van der Waals surface area (Å²) < 4.78 is 6.12.